The maximum Gasteiger partial charge on any atom is 0.411 e. The third-order valence-electron chi connectivity index (χ3n) is 5.16. The molecule has 164 valence electrons. The molecule has 1 aliphatic rings. The van der Waals surface area contributed by atoms with Crippen molar-refractivity contribution in [2.45, 2.75) is 44.4 Å². The van der Waals surface area contributed by atoms with Crippen LogP contribution < -0.4 is 0 Å². The number of methoxy groups -OCH3 is 3. The Morgan fingerprint density at radius 3 is 2.13 bits per heavy atom. The minimum atomic E-state index is -1.08. The molecule has 0 unspecified atom stereocenters. The van der Waals surface area contributed by atoms with Crippen LogP contribution in [0.2, 0.25) is 0 Å². The highest BCUT2D eigenvalue weighted by molar-refractivity contribution is 5.84. The molecule has 0 saturated carbocycles. The van der Waals surface area contributed by atoms with E-state index in [1.54, 1.807) is 12.1 Å². The Morgan fingerprint density at radius 1 is 0.900 bits per heavy atom. The van der Waals surface area contributed by atoms with Gasteiger partial charge in [-0.15, -0.1) is 0 Å². The maximum atomic E-state index is 13.0. The molecule has 9 heteroatoms. The summed E-state index contributed by atoms with van der Waals surface area (Å²) in [7, 11) is 3.71. The van der Waals surface area contributed by atoms with Gasteiger partial charge in [-0.3, -0.25) is 14.5 Å². The summed E-state index contributed by atoms with van der Waals surface area (Å²) in [4.78, 5) is 50.6. The van der Waals surface area contributed by atoms with Crippen LogP contribution >= 0.6 is 0 Å². The predicted molar refractivity (Wildman–Crippen MR) is 104 cm³/mol. The van der Waals surface area contributed by atoms with Gasteiger partial charge < -0.3 is 18.9 Å². The third kappa shape index (κ3) is 5.95. The number of carbonyl (C=O) groups excluding carboxylic acids is 4. The fraction of sp³-hybridized carbons (Fsp3) is 0.524. The number of nitrogens with zero attached hydrogens (tertiary/aromatic N) is 1. The van der Waals surface area contributed by atoms with Crippen LogP contribution in [0.25, 0.3) is 0 Å². The van der Waals surface area contributed by atoms with Gasteiger partial charge in [0.05, 0.1) is 34.2 Å². The lowest BCUT2D eigenvalue weighted by Crippen LogP contribution is -2.58. The fourth-order valence-electron chi connectivity index (χ4n) is 3.63. The molecule has 30 heavy (non-hydrogen) atoms. The van der Waals surface area contributed by atoms with E-state index in [4.69, 9.17) is 18.9 Å². The normalized spacial score (nSPS) is 20.8. The zero-order chi connectivity index (χ0) is 22.1. The molecule has 2 rings (SSSR count). The van der Waals surface area contributed by atoms with Crippen LogP contribution in [0.15, 0.2) is 30.3 Å². The van der Waals surface area contributed by atoms with Gasteiger partial charge in [-0.1, -0.05) is 30.3 Å². The van der Waals surface area contributed by atoms with Gasteiger partial charge in [0.1, 0.15) is 12.6 Å². The number of hydrogen-bond donors (Lipinski definition) is 0. The van der Waals surface area contributed by atoms with Crippen LogP contribution in [0.5, 0.6) is 0 Å². The number of hydrogen-bond acceptors (Lipinski definition) is 8. The number of likely N-dealkylation sites (tertiary alicyclic amines) is 1. The summed E-state index contributed by atoms with van der Waals surface area (Å²) in [5.74, 6) is -2.23. The lowest BCUT2D eigenvalue weighted by atomic mass is 9.82. The molecule has 1 saturated heterocycles. The van der Waals surface area contributed by atoms with Crippen molar-refractivity contribution in [1.29, 1.82) is 0 Å². The monoisotopic (exact) mass is 421 g/mol. The molecule has 0 spiro atoms. The number of ether oxygens (including phenoxy) is 4. The Balaban J connectivity index is 2.29. The Hall–Kier alpha value is -3.10. The van der Waals surface area contributed by atoms with E-state index in [0.29, 0.717) is 12.8 Å². The zero-order valence-corrected chi connectivity index (χ0v) is 17.4. The topological polar surface area (TPSA) is 108 Å². The number of esters is 3. The number of carbonyl (C=O) groups is 4. The number of amides is 1. The summed E-state index contributed by atoms with van der Waals surface area (Å²) in [5.41, 5.74) is 0.771. The van der Waals surface area contributed by atoms with Crippen molar-refractivity contribution in [3.8, 4) is 0 Å². The molecular formula is C21H27NO8. The second-order valence-electron chi connectivity index (χ2n) is 6.97. The first-order valence-corrected chi connectivity index (χ1v) is 9.61. The summed E-state index contributed by atoms with van der Waals surface area (Å²) in [5, 5.41) is 0. The average Bonchev–Trinajstić information content (AvgIpc) is 2.77. The van der Waals surface area contributed by atoms with E-state index in [2.05, 4.69) is 0 Å². The smallest absolute Gasteiger partial charge is 0.411 e. The second-order valence-corrected chi connectivity index (χ2v) is 6.97. The zero-order valence-electron chi connectivity index (χ0n) is 17.4. The van der Waals surface area contributed by atoms with Crippen molar-refractivity contribution < 1.29 is 38.1 Å². The highest BCUT2D eigenvalue weighted by Crippen LogP contribution is 2.34. The van der Waals surface area contributed by atoms with Gasteiger partial charge in [0.2, 0.25) is 0 Å². The van der Waals surface area contributed by atoms with Gasteiger partial charge in [-0.05, 0) is 18.4 Å². The molecule has 1 aliphatic heterocycles. The Morgan fingerprint density at radius 2 is 1.53 bits per heavy atom. The lowest BCUT2D eigenvalue weighted by molar-refractivity contribution is -0.156. The fourth-order valence-corrected chi connectivity index (χ4v) is 3.63. The van der Waals surface area contributed by atoms with E-state index in [1.807, 2.05) is 18.2 Å². The SMILES string of the molecule is COC(=O)C[C@H]1CC[C@@H](CC(=O)OC)N(C(=O)OCc2ccccc2)[C@@H]1C(=O)OC. The van der Waals surface area contributed by atoms with Crippen molar-refractivity contribution in [3.63, 3.8) is 0 Å². The average molecular weight is 421 g/mol. The van der Waals surface area contributed by atoms with Crippen LogP contribution in [0.1, 0.15) is 31.2 Å². The lowest BCUT2D eigenvalue weighted by Gasteiger charge is -2.43. The van der Waals surface area contributed by atoms with Crippen molar-refractivity contribution in [1.82, 2.24) is 4.90 Å². The third-order valence-corrected chi connectivity index (χ3v) is 5.16. The van der Waals surface area contributed by atoms with Gasteiger partial charge in [0, 0.05) is 12.0 Å². The summed E-state index contributed by atoms with van der Waals surface area (Å²) >= 11 is 0. The first-order valence-electron chi connectivity index (χ1n) is 9.61. The molecule has 1 amide bonds. The molecule has 1 aromatic carbocycles. The summed E-state index contributed by atoms with van der Waals surface area (Å²) in [6.45, 7) is -0.00330. The molecule has 0 radical (unpaired) electrons. The van der Waals surface area contributed by atoms with Crippen LogP contribution in [0.3, 0.4) is 0 Å². The molecule has 1 heterocycles. The van der Waals surface area contributed by atoms with Gasteiger partial charge in [0.15, 0.2) is 0 Å². The first kappa shape index (κ1) is 23.2. The maximum absolute atomic E-state index is 13.0. The Kier molecular flexibility index (Phi) is 8.64. The van der Waals surface area contributed by atoms with Crippen LogP contribution in [0, 0.1) is 5.92 Å². The predicted octanol–water partition coefficient (Wildman–Crippen LogP) is 2.07. The molecule has 0 aromatic heterocycles. The van der Waals surface area contributed by atoms with Crippen LogP contribution in [0.4, 0.5) is 4.79 Å². The minimum absolute atomic E-state index is 0.00330. The van der Waals surface area contributed by atoms with E-state index in [-0.39, 0.29) is 19.4 Å². The number of benzene rings is 1. The van der Waals surface area contributed by atoms with Crippen molar-refractivity contribution in [2.75, 3.05) is 21.3 Å². The second kappa shape index (κ2) is 11.2. The number of rotatable bonds is 7. The van der Waals surface area contributed by atoms with Gasteiger partial charge in [-0.2, -0.15) is 0 Å². The molecule has 0 aliphatic carbocycles. The van der Waals surface area contributed by atoms with Crippen LogP contribution in [-0.2, 0) is 39.9 Å². The molecule has 0 N–H and O–H groups in total. The molecule has 1 fully saturated rings. The van der Waals surface area contributed by atoms with Crippen molar-refractivity contribution in [3.05, 3.63) is 35.9 Å². The van der Waals surface area contributed by atoms with Crippen molar-refractivity contribution >= 4 is 24.0 Å². The summed E-state index contributed by atoms with van der Waals surface area (Å²) in [6, 6.07) is 7.36. The van der Waals surface area contributed by atoms with Gasteiger partial charge in [0.25, 0.3) is 0 Å². The van der Waals surface area contributed by atoms with E-state index < -0.39 is 42.0 Å². The van der Waals surface area contributed by atoms with E-state index in [1.165, 1.54) is 26.2 Å². The minimum Gasteiger partial charge on any atom is -0.469 e. The summed E-state index contributed by atoms with van der Waals surface area (Å²) in [6.07, 6.45) is -0.111. The standard InChI is InChI=1S/C21H27NO8/c1-27-17(23)11-15-9-10-16(12-18(24)28-2)22(19(15)20(25)29-3)21(26)30-13-14-7-5-4-6-8-14/h4-8,15-16,19H,9-13H2,1-3H3/t15-,16+,19+/m1/s1. The molecule has 0 bridgehead atoms. The quantitative estimate of drug-likeness (QED) is 0.486. The summed E-state index contributed by atoms with van der Waals surface area (Å²) < 4.78 is 19.8. The Bertz CT molecular complexity index is 751. The van der Waals surface area contributed by atoms with Gasteiger partial charge >= 0.3 is 24.0 Å². The molecule has 9 nitrogen and oxygen atoms in total. The van der Waals surface area contributed by atoms with E-state index in [9.17, 15) is 19.2 Å². The first-order chi connectivity index (χ1) is 14.4. The van der Waals surface area contributed by atoms with Crippen molar-refractivity contribution in [2.24, 2.45) is 5.92 Å². The highest BCUT2D eigenvalue weighted by atomic mass is 16.6. The largest absolute Gasteiger partial charge is 0.469 e. The number of piperidine rings is 1. The van der Waals surface area contributed by atoms with E-state index >= 15 is 0 Å². The van der Waals surface area contributed by atoms with Crippen LogP contribution in [-0.4, -0.2) is 62.3 Å². The molecule has 3 atom stereocenters. The molecular weight excluding hydrogens is 394 g/mol. The Labute approximate surface area is 175 Å². The molecule has 1 aromatic rings. The highest BCUT2D eigenvalue weighted by Gasteiger charge is 2.47. The van der Waals surface area contributed by atoms with E-state index in [0.717, 1.165) is 5.56 Å². The van der Waals surface area contributed by atoms with Gasteiger partial charge in [-0.25, -0.2) is 9.59 Å².